The number of hydrazine groups is 1. The van der Waals surface area contributed by atoms with Crippen LogP contribution in [-0.2, 0) is 9.59 Å². The zero-order chi connectivity index (χ0) is 17.1. The van der Waals surface area contributed by atoms with Gasteiger partial charge >= 0.3 is 0 Å². The molecular weight excluding hydrogens is 302 g/mol. The van der Waals surface area contributed by atoms with Gasteiger partial charge in [-0.3, -0.25) is 20.4 Å². The van der Waals surface area contributed by atoms with Crippen molar-refractivity contribution in [1.82, 2.24) is 10.9 Å². The fourth-order valence-corrected chi connectivity index (χ4v) is 4.29. The Morgan fingerprint density at radius 1 is 1.08 bits per heavy atom. The number of aryl methyl sites for hydroxylation is 2. The molecule has 0 saturated heterocycles. The van der Waals surface area contributed by atoms with E-state index in [4.69, 9.17) is 0 Å². The lowest BCUT2D eigenvalue weighted by molar-refractivity contribution is -0.128. The molecule has 0 unspecified atom stereocenters. The van der Waals surface area contributed by atoms with E-state index in [0.717, 1.165) is 23.1 Å². The molecule has 5 heteroatoms. The summed E-state index contributed by atoms with van der Waals surface area (Å²) in [5.41, 5.74) is 8.28. The van der Waals surface area contributed by atoms with Crippen LogP contribution in [0.3, 0.4) is 0 Å². The van der Waals surface area contributed by atoms with E-state index >= 15 is 0 Å². The van der Waals surface area contributed by atoms with Gasteiger partial charge in [-0.05, 0) is 62.5 Å². The van der Waals surface area contributed by atoms with Crippen LogP contribution in [0, 0.1) is 31.6 Å². The van der Waals surface area contributed by atoms with Crippen molar-refractivity contribution in [2.45, 2.75) is 46.0 Å². The molecule has 0 aromatic heterocycles. The number of hydrogen-bond donors (Lipinski definition) is 3. The Balaban J connectivity index is 1.37. The molecule has 0 aliphatic heterocycles. The van der Waals surface area contributed by atoms with E-state index in [1.807, 2.05) is 26.0 Å². The van der Waals surface area contributed by atoms with Gasteiger partial charge in [0, 0.05) is 12.1 Å². The highest BCUT2D eigenvalue weighted by molar-refractivity contribution is 5.84. The summed E-state index contributed by atoms with van der Waals surface area (Å²) in [7, 11) is 0. The van der Waals surface area contributed by atoms with Crippen LogP contribution < -0.4 is 16.2 Å². The number of anilines is 1. The predicted molar refractivity (Wildman–Crippen MR) is 94.2 cm³/mol. The van der Waals surface area contributed by atoms with Gasteiger partial charge in [-0.2, -0.15) is 0 Å². The fraction of sp³-hybridized carbons (Fsp3) is 0.579. The van der Waals surface area contributed by atoms with Crippen molar-refractivity contribution < 1.29 is 9.59 Å². The molecular formula is C19H27N3O2. The second-order valence-electron chi connectivity index (χ2n) is 7.41. The van der Waals surface area contributed by atoms with Gasteiger partial charge in [-0.15, -0.1) is 0 Å². The lowest BCUT2D eigenvalue weighted by Crippen LogP contribution is -2.44. The quantitative estimate of drug-likeness (QED) is 0.728. The van der Waals surface area contributed by atoms with Gasteiger partial charge in [-0.25, -0.2) is 0 Å². The Bertz CT molecular complexity index is 629. The molecule has 0 spiro atoms. The van der Waals surface area contributed by atoms with Crippen molar-refractivity contribution in [3.8, 4) is 0 Å². The summed E-state index contributed by atoms with van der Waals surface area (Å²) in [5, 5.41) is 3.10. The van der Waals surface area contributed by atoms with Gasteiger partial charge in [0.1, 0.15) is 0 Å². The first-order chi connectivity index (χ1) is 11.5. The standard InChI is InChI=1S/C19H27N3O2/c1-12-3-6-17(13(2)7-12)20-11-19(24)22-21-18(23)10-16-9-14-4-5-15(16)8-14/h3,6-7,14-16,20H,4-5,8-11H2,1-2H3,(H,21,23)(H,22,24)/t14-,15+,16-/m0/s1. The number of rotatable bonds is 5. The van der Waals surface area contributed by atoms with Gasteiger partial charge in [0.15, 0.2) is 0 Å². The molecule has 2 bridgehead atoms. The van der Waals surface area contributed by atoms with Gasteiger partial charge in [0.25, 0.3) is 5.91 Å². The van der Waals surface area contributed by atoms with Crippen LogP contribution in [0.1, 0.15) is 43.2 Å². The summed E-state index contributed by atoms with van der Waals surface area (Å²) in [5.74, 6) is 1.75. The fourth-order valence-electron chi connectivity index (χ4n) is 4.29. The Morgan fingerprint density at radius 2 is 1.88 bits per heavy atom. The molecule has 2 aliphatic rings. The first kappa shape index (κ1) is 16.8. The second kappa shape index (κ2) is 7.24. The zero-order valence-corrected chi connectivity index (χ0v) is 14.5. The molecule has 2 fully saturated rings. The molecule has 130 valence electrons. The maximum Gasteiger partial charge on any atom is 0.257 e. The number of carbonyl (C=O) groups excluding carboxylic acids is 2. The Hall–Kier alpha value is -2.04. The predicted octanol–water partition coefficient (Wildman–Crippen LogP) is 2.69. The maximum absolute atomic E-state index is 12.0. The molecule has 3 rings (SSSR count). The molecule has 1 aromatic rings. The molecule has 2 saturated carbocycles. The second-order valence-corrected chi connectivity index (χ2v) is 7.41. The minimum absolute atomic E-state index is 0.0765. The van der Waals surface area contributed by atoms with E-state index in [1.54, 1.807) is 0 Å². The molecule has 3 atom stereocenters. The van der Waals surface area contributed by atoms with Crippen molar-refractivity contribution in [2.24, 2.45) is 17.8 Å². The summed E-state index contributed by atoms with van der Waals surface area (Å²) in [6.07, 6.45) is 5.62. The lowest BCUT2D eigenvalue weighted by atomic mass is 9.86. The maximum atomic E-state index is 12.0. The first-order valence-electron chi connectivity index (χ1n) is 8.90. The molecule has 3 N–H and O–H groups in total. The lowest BCUT2D eigenvalue weighted by Gasteiger charge is -2.21. The van der Waals surface area contributed by atoms with Crippen LogP contribution in [0.15, 0.2) is 18.2 Å². The van der Waals surface area contributed by atoms with Crippen LogP contribution >= 0.6 is 0 Å². The summed E-state index contributed by atoms with van der Waals surface area (Å²) < 4.78 is 0. The topological polar surface area (TPSA) is 70.2 Å². The highest BCUT2D eigenvalue weighted by atomic mass is 16.2. The van der Waals surface area contributed by atoms with Crippen molar-refractivity contribution in [2.75, 3.05) is 11.9 Å². The van der Waals surface area contributed by atoms with Crippen LogP contribution in [-0.4, -0.2) is 18.4 Å². The van der Waals surface area contributed by atoms with Crippen LogP contribution in [0.4, 0.5) is 5.69 Å². The van der Waals surface area contributed by atoms with Crippen LogP contribution in [0.5, 0.6) is 0 Å². The van der Waals surface area contributed by atoms with Crippen LogP contribution in [0.2, 0.25) is 0 Å². The summed E-state index contributed by atoms with van der Waals surface area (Å²) in [4.78, 5) is 23.9. The Morgan fingerprint density at radius 3 is 2.54 bits per heavy atom. The number of fused-ring (bicyclic) bond motifs is 2. The molecule has 1 aromatic carbocycles. The van der Waals surface area contributed by atoms with Crippen molar-refractivity contribution in [1.29, 1.82) is 0 Å². The summed E-state index contributed by atoms with van der Waals surface area (Å²) >= 11 is 0. The molecule has 2 aliphatic carbocycles. The average Bonchev–Trinajstić information content (AvgIpc) is 3.15. The monoisotopic (exact) mass is 329 g/mol. The SMILES string of the molecule is Cc1ccc(NCC(=O)NNC(=O)C[C@@H]2C[C@H]3CC[C@@H]2C3)c(C)c1. The van der Waals surface area contributed by atoms with E-state index in [1.165, 1.54) is 31.2 Å². The minimum Gasteiger partial charge on any atom is -0.376 e. The van der Waals surface area contributed by atoms with Gasteiger partial charge in [0.2, 0.25) is 5.91 Å². The van der Waals surface area contributed by atoms with E-state index in [2.05, 4.69) is 22.2 Å². The highest BCUT2D eigenvalue weighted by Crippen LogP contribution is 2.49. The van der Waals surface area contributed by atoms with E-state index in [9.17, 15) is 9.59 Å². The van der Waals surface area contributed by atoms with Crippen LogP contribution in [0.25, 0.3) is 0 Å². The first-order valence-corrected chi connectivity index (χ1v) is 8.90. The summed E-state index contributed by atoms with van der Waals surface area (Å²) in [6, 6.07) is 6.04. The highest BCUT2D eigenvalue weighted by Gasteiger charge is 2.40. The minimum atomic E-state index is -0.240. The Labute approximate surface area is 143 Å². The molecule has 0 radical (unpaired) electrons. The third-order valence-corrected chi connectivity index (χ3v) is 5.49. The van der Waals surface area contributed by atoms with E-state index in [-0.39, 0.29) is 18.4 Å². The average molecular weight is 329 g/mol. The van der Waals surface area contributed by atoms with E-state index < -0.39 is 0 Å². The zero-order valence-electron chi connectivity index (χ0n) is 14.5. The number of hydrogen-bond acceptors (Lipinski definition) is 3. The number of nitrogens with one attached hydrogen (secondary N) is 3. The Kier molecular flexibility index (Phi) is 5.07. The summed E-state index contributed by atoms with van der Waals surface area (Å²) in [6.45, 7) is 4.18. The van der Waals surface area contributed by atoms with Gasteiger partial charge in [0.05, 0.1) is 6.54 Å². The van der Waals surface area contributed by atoms with Crippen molar-refractivity contribution in [3.63, 3.8) is 0 Å². The number of amides is 2. The smallest absolute Gasteiger partial charge is 0.257 e. The van der Waals surface area contributed by atoms with E-state index in [0.29, 0.717) is 12.3 Å². The van der Waals surface area contributed by atoms with Crippen molar-refractivity contribution in [3.05, 3.63) is 29.3 Å². The third kappa shape index (κ3) is 4.08. The van der Waals surface area contributed by atoms with Gasteiger partial charge in [-0.1, -0.05) is 24.1 Å². The van der Waals surface area contributed by atoms with Crippen molar-refractivity contribution >= 4 is 17.5 Å². The third-order valence-electron chi connectivity index (χ3n) is 5.49. The van der Waals surface area contributed by atoms with Gasteiger partial charge < -0.3 is 5.32 Å². The molecule has 24 heavy (non-hydrogen) atoms. The molecule has 5 nitrogen and oxygen atoms in total. The largest absolute Gasteiger partial charge is 0.376 e. The normalized spacial score (nSPS) is 24.7. The molecule has 0 heterocycles. The molecule has 2 amide bonds. The number of carbonyl (C=O) groups is 2. The number of benzene rings is 1.